The molecule has 2 aromatic rings. The van der Waals surface area contributed by atoms with Gasteiger partial charge in [-0.3, -0.25) is 4.79 Å². The summed E-state index contributed by atoms with van der Waals surface area (Å²) in [4.78, 5) is 18.7. The number of H-pyrrole nitrogens is 1. The molecule has 1 aromatic carbocycles. The van der Waals surface area contributed by atoms with Crippen LogP contribution in [-0.4, -0.2) is 41.7 Å². The van der Waals surface area contributed by atoms with Crippen LogP contribution >= 0.6 is 0 Å². The largest absolute Gasteiger partial charge is 0.394 e. The molecule has 0 bridgehead atoms. The number of carbonyl (C=O) groups is 1. The molecule has 1 aromatic heterocycles. The van der Waals surface area contributed by atoms with Crippen molar-refractivity contribution >= 4 is 22.5 Å². The third-order valence-corrected chi connectivity index (χ3v) is 6.38. The number of hydrogen-bond acceptors (Lipinski definition) is 3. The molecule has 0 aliphatic carbocycles. The summed E-state index contributed by atoms with van der Waals surface area (Å²) in [5.41, 5.74) is 4.24. The van der Waals surface area contributed by atoms with Crippen LogP contribution in [0.15, 0.2) is 31.0 Å². The van der Waals surface area contributed by atoms with Crippen LogP contribution in [0.4, 0.5) is 5.69 Å². The predicted octanol–water partition coefficient (Wildman–Crippen LogP) is 3.52. The topological polar surface area (TPSA) is 68.4 Å². The molecule has 3 N–H and O–H groups in total. The van der Waals surface area contributed by atoms with Gasteiger partial charge >= 0.3 is 0 Å². The van der Waals surface area contributed by atoms with Gasteiger partial charge in [0.05, 0.1) is 18.2 Å². The molecule has 0 fully saturated rings. The van der Waals surface area contributed by atoms with E-state index in [1.54, 1.807) is 0 Å². The zero-order valence-corrected chi connectivity index (χ0v) is 17.7. The minimum Gasteiger partial charge on any atom is -0.394 e. The van der Waals surface area contributed by atoms with E-state index >= 15 is 0 Å². The molecule has 5 heteroatoms. The summed E-state index contributed by atoms with van der Waals surface area (Å²) in [7, 11) is 2.00. The van der Waals surface area contributed by atoms with Gasteiger partial charge in [0.25, 0.3) is 0 Å². The van der Waals surface area contributed by atoms with E-state index in [1.807, 2.05) is 19.3 Å². The quantitative estimate of drug-likeness (QED) is 0.692. The first-order valence-electron chi connectivity index (χ1n) is 10.2. The van der Waals surface area contributed by atoms with Crippen LogP contribution in [0.2, 0.25) is 0 Å². The number of nitrogens with zero attached hydrogens (tertiary/aromatic N) is 1. The highest BCUT2D eigenvalue weighted by Crippen LogP contribution is 2.39. The number of anilines is 1. The number of likely N-dealkylation sites (N-methyl/N-ethyl adjacent to an activating group) is 1. The fourth-order valence-corrected chi connectivity index (χ4v) is 4.30. The highest BCUT2D eigenvalue weighted by molar-refractivity contribution is 6.00. The number of aromatic amines is 1. The van der Waals surface area contributed by atoms with Crippen molar-refractivity contribution in [1.29, 1.82) is 0 Å². The average Bonchev–Trinajstić information content (AvgIpc) is 3.10. The molecule has 2 heterocycles. The smallest absolute Gasteiger partial charge is 0.243 e. The molecule has 152 valence electrons. The summed E-state index contributed by atoms with van der Waals surface area (Å²) in [6.45, 7) is 12.5. The van der Waals surface area contributed by atoms with E-state index in [2.05, 4.69) is 61.6 Å². The Bertz CT molecular complexity index is 883. The summed E-state index contributed by atoms with van der Waals surface area (Å²) in [5, 5.41) is 14.1. The van der Waals surface area contributed by atoms with E-state index in [0.717, 1.165) is 28.6 Å². The summed E-state index contributed by atoms with van der Waals surface area (Å²) < 4.78 is 0. The molecule has 0 saturated heterocycles. The average molecular weight is 384 g/mol. The molecule has 28 heavy (non-hydrogen) atoms. The van der Waals surface area contributed by atoms with E-state index in [1.165, 1.54) is 5.56 Å². The van der Waals surface area contributed by atoms with E-state index in [9.17, 15) is 9.90 Å². The number of hydrogen-bond donors (Lipinski definition) is 3. The maximum absolute atomic E-state index is 13.1. The third kappa shape index (κ3) is 3.32. The van der Waals surface area contributed by atoms with Crippen molar-refractivity contribution in [3.05, 3.63) is 42.1 Å². The van der Waals surface area contributed by atoms with E-state index in [0.29, 0.717) is 6.42 Å². The number of carbonyl (C=O) groups excluding carboxylic acids is 1. The molecule has 0 radical (unpaired) electrons. The number of amides is 1. The van der Waals surface area contributed by atoms with E-state index in [4.69, 9.17) is 0 Å². The molecule has 3 atom stereocenters. The van der Waals surface area contributed by atoms with Gasteiger partial charge < -0.3 is 20.3 Å². The van der Waals surface area contributed by atoms with Crippen molar-refractivity contribution in [1.82, 2.24) is 10.3 Å². The van der Waals surface area contributed by atoms with E-state index < -0.39 is 0 Å². The third-order valence-electron chi connectivity index (χ3n) is 6.38. The molecule has 1 amide bonds. The summed E-state index contributed by atoms with van der Waals surface area (Å²) >= 11 is 0. The lowest BCUT2D eigenvalue weighted by Gasteiger charge is -2.34. The Morgan fingerprint density at radius 3 is 2.75 bits per heavy atom. The van der Waals surface area contributed by atoms with Gasteiger partial charge in [0.1, 0.15) is 6.04 Å². The fraction of sp³-hybridized carbons (Fsp3) is 0.522. The van der Waals surface area contributed by atoms with E-state index in [-0.39, 0.29) is 35.9 Å². The molecular weight excluding hydrogens is 350 g/mol. The van der Waals surface area contributed by atoms with Gasteiger partial charge in [0.2, 0.25) is 5.91 Å². The van der Waals surface area contributed by atoms with Crippen LogP contribution in [0.3, 0.4) is 0 Å². The Morgan fingerprint density at radius 1 is 1.43 bits per heavy atom. The van der Waals surface area contributed by atoms with Gasteiger partial charge in [0.15, 0.2) is 0 Å². The number of aliphatic hydroxyl groups is 1. The molecular formula is C23H33N3O2. The first-order chi connectivity index (χ1) is 13.2. The van der Waals surface area contributed by atoms with Crippen molar-refractivity contribution in [2.24, 2.45) is 5.92 Å². The second-order valence-corrected chi connectivity index (χ2v) is 8.66. The van der Waals surface area contributed by atoms with Crippen LogP contribution in [0.1, 0.15) is 45.2 Å². The SMILES string of the molecule is C=CC(C)(C)c1ccc2c3c(c[nH]c13)C[C@@H](CO)NC(=O)[C@H]([C@@H](C)CC)N2C. The standard InChI is InChI=1S/C23H33N3O2/c1-7-14(3)21-22(28)25-16(13-27)11-15-12-24-20-17(23(4,5)8-2)9-10-18(19(15)20)26(21)6/h8-10,12,14,16,21,24,27H,2,7,11,13H2,1,3-6H3,(H,25,28)/t14-,16-,21-/m0/s1. The normalized spacial score (nSPS) is 21.6. The highest BCUT2D eigenvalue weighted by atomic mass is 16.3. The lowest BCUT2D eigenvalue weighted by atomic mass is 9.83. The maximum Gasteiger partial charge on any atom is 0.243 e. The number of rotatable bonds is 5. The minimum atomic E-state index is -0.298. The summed E-state index contributed by atoms with van der Waals surface area (Å²) in [5.74, 6) is 0.165. The first-order valence-corrected chi connectivity index (χ1v) is 10.2. The van der Waals surface area contributed by atoms with Crippen molar-refractivity contribution in [2.45, 2.75) is 58.0 Å². The highest BCUT2D eigenvalue weighted by Gasteiger charge is 2.34. The predicted molar refractivity (Wildman–Crippen MR) is 116 cm³/mol. The molecule has 1 aliphatic rings. The Kier molecular flexibility index (Phi) is 5.57. The number of aromatic nitrogens is 1. The van der Waals surface area contributed by atoms with Crippen molar-refractivity contribution in [3.63, 3.8) is 0 Å². The van der Waals surface area contributed by atoms with Crippen molar-refractivity contribution < 1.29 is 9.90 Å². The first kappa shape index (κ1) is 20.5. The lowest BCUT2D eigenvalue weighted by Crippen LogP contribution is -2.52. The van der Waals surface area contributed by atoms with Crippen LogP contribution in [-0.2, 0) is 16.6 Å². The van der Waals surface area contributed by atoms with Crippen LogP contribution in [0.25, 0.3) is 10.9 Å². The Hall–Kier alpha value is -2.27. The molecule has 0 unspecified atom stereocenters. The molecule has 1 aliphatic heterocycles. The monoisotopic (exact) mass is 383 g/mol. The van der Waals surface area contributed by atoms with Crippen LogP contribution < -0.4 is 10.2 Å². The maximum atomic E-state index is 13.1. The zero-order valence-electron chi connectivity index (χ0n) is 17.7. The van der Waals surface area contributed by atoms with Gasteiger partial charge in [0, 0.05) is 29.7 Å². The molecule has 0 spiro atoms. The Morgan fingerprint density at radius 2 is 2.14 bits per heavy atom. The van der Waals surface area contributed by atoms with Gasteiger partial charge in [-0.2, -0.15) is 0 Å². The number of aliphatic hydroxyl groups excluding tert-OH is 1. The van der Waals surface area contributed by atoms with Crippen molar-refractivity contribution in [3.8, 4) is 0 Å². The van der Waals surface area contributed by atoms with Gasteiger partial charge in [-0.25, -0.2) is 0 Å². The number of benzene rings is 1. The zero-order chi connectivity index (χ0) is 20.6. The molecule has 5 nitrogen and oxygen atoms in total. The minimum absolute atomic E-state index is 0.0197. The Balaban J connectivity index is 2.28. The summed E-state index contributed by atoms with van der Waals surface area (Å²) in [6.07, 6.45) is 5.47. The second-order valence-electron chi connectivity index (χ2n) is 8.66. The number of nitrogens with one attached hydrogen (secondary N) is 2. The second kappa shape index (κ2) is 7.63. The lowest BCUT2D eigenvalue weighted by molar-refractivity contribution is -0.124. The van der Waals surface area contributed by atoms with Crippen LogP contribution in [0, 0.1) is 5.92 Å². The van der Waals surface area contributed by atoms with Gasteiger partial charge in [-0.05, 0) is 29.5 Å². The fourth-order valence-electron chi connectivity index (χ4n) is 4.30. The summed E-state index contributed by atoms with van der Waals surface area (Å²) in [6, 6.07) is 3.68. The number of allylic oxidation sites excluding steroid dienone is 1. The van der Waals surface area contributed by atoms with Gasteiger partial charge in [-0.15, -0.1) is 6.58 Å². The van der Waals surface area contributed by atoms with Crippen molar-refractivity contribution in [2.75, 3.05) is 18.6 Å². The van der Waals surface area contributed by atoms with Crippen LogP contribution in [0.5, 0.6) is 0 Å². The molecule has 3 rings (SSSR count). The van der Waals surface area contributed by atoms with Gasteiger partial charge in [-0.1, -0.05) is 46.3 Å². The molecule has 0 saturated carbocycles. The Labute approximate surface area is 167 Å².